The van der Waals surface area contributed by atoms with E-state index < -0.39 is 11.5 Å². The topological polar surface area (TPSA) is 71.3 Å². The normalized spacial score (nSPS) is 11.1. The Morgan fingerprint density at radius 2 is 1.88 bits per heavy atom. The van der Waals surface area contributed by atoms with E-state index in [4.69, 9.17) is 0 Å². The molecule has 1 aromatic heterocycles. The van der Waals surface area contributed by atoms with E-state index >= 15 is 0 Å². The lowest BCUT2D eigenvalue weighted by Gasteiger charge is -2.16. The number of carbonyl (C=O) groups excluding carboxylic acids is 1. The van der Waals surface area contributed by atoms with Crippen molar-refractivity contribution in [3.05, 3.63) is 70.0 Å². The summed E-state index contributed by atoms with van der Waals surface area (Å²) in [4.78, 5) is 25.7. The van der Waals surface area contributed by atoms with Gasteiger partial charge >= 0.3 is 0 Å². The van der Waals surface area contributed by atoms with Crippen molar-refractivity contribution >= 4 is 22.5 Å². The smallest absolute Gasteiger partial charge is 0.267 e. The molecule has 0 radical (unpaired) electrons. The van der Waals surface area contributed by atoms with Crippen LogP contribution in [-0.2, 0) is 6.54 Å². The Kier molecular flexibility index (Phi) is 4.80. The third kappa shape index (κ3) is 3.33. The van der Waals surface area contributed by atoms with Crippen LogP contribution in [0.2, 0.25) is 0 Å². The van der Waals surface area contributed by atoms with Crippen molar-refractivity contribution in [3.8, 4) is 5.75 Å². The van der Waals surface area contributed by atoms with Gasteiger partial charge in [0.1, 0.15) is 11.3 Å². The van der Waals surface area contributed by atoms with Crippen LogP contribution < -0.4 is 10.9 Å². The van der Waals surface area contributed by atoms with Crippen molar-refractivity contribution in [2.45, 2.75) is 27.3 Å². The highest BCUT2D eigenvalue weighted by molar-refractivity contribution is 6.09. The number of hydrogen-bond acceptors (Lipinski definition) is 3. The third-order valence-electron chi connectivity index (χ3n) is 4.20. The number of aryl methyl sites for hydroxylation is 1. The van der Waals surface area contributed by atoms with Crippen LogP contribution in [0.3, 0.4) is 0 Å². The first-order valence-electron chi connectivity index (χ1n) is 8.61. The molecule has 1 amide bonds. The van der Waals surface area contributed by atoms with Gasteiger partial charge in [0.15, 0.2) is 0 Å². The van der Waals surface area contributed by atoms with Gasteiger partial charge in [-0.1, -0.05) is 38.1 Å². The Morgan fingerprint density at radius 1 is 1.15 bits per heavy atom. The highest BCUT2D eigenvalue weighted by Gasteiger charge is 2.22. The van der Waals surface area contributed by atoms with Gasteiger partial charge < -0.3 is 15.0 Å². The fourth-order valence-electron chi connectivity index (χ4n) is 3.06. The van der Waals surface area contributed by atoms with Crippen LogP contribution in [0.4, 0.5) is 5.69 Å². The quantitative estimate of drug-likeness (QED) is 0.749. The Bertz CT molecular complexity index is 1040. The van der Waals surface area contributed by atoms with Crippen molar-refractivity contribution in [2.24, 2.45) is 5.92 Å². The molecule has 0 saturated heterocycles. The molecule has 0 bridgehead atoms. The highest BCUT2D eigenvalue weighted by Crippen LogP contribution is 2.27. The lowest BCUT2D eigenvalue weighted by Crippen LogP contribution is -2.31. The standard InChI is InChI=1S/C21H22N2O3/c1-13(2)12-23-17-10-5-4-9-16(17)19(24)18(21(23)26)20(25)22-15-8-6-7-14(3)11-15/h4-11,13,24H,12H2,1-3H3,(H,22,25). The minimum absolute atomic E-state index is 0.216. The van der Waals surface area contributed by atoms with E-state index in [0.717, 1.165) is 5.56 Å². The van der Waals surface area contributed by atoms with Crippen LogP contribution in [0.25, 0.3) is 10.9 Å². The van der Waals surface area contributed by atoms with Crippen molar-refractivity contribution in [1.29, 1.82) is 0 Å². The minimum Gasteiger partial charge on any atom is -0.506 e. The maximum absolute atomic E-state index is 13.0. The molecular weight excluding hydrogens is 328 g/mol. The van der Waals surface area contributed by atoms with E-state index in [1.807, 2.05) is 45.0 Å². The van der Waals surface area contributed by atoms with Crippen LogP contribution in [-0.4, -0.2) is 15.6 Å². The lowest BCUT2D eigenvalue weighted by atomic mass is 10.1. The maximum Gasteiger partial charge on any atom is 0.267 e. The molecular formula is C21H22N2O3. The SMILES string of the molecule is Cc1cccc(NC(=O)c2c(O)c3ccccc3n(CC(C)C)c2=O)c1. The van der Waals surface area contributed by atoms with Gasteiger partial charge in [-0.3, -0.25) is 9.59 Å². The molecule has 5 heteroatoms. The largest absolute Gasteiger partial charge is 0.506 e. The van der Waals surface area contributed by atoms with Crippen LogP contribution in [0.15, 0.2) is 53.3 Å². The monoisotopic (exact) mass is 350 g/mol. The summed E-state index contributed by atoms with van der Waals surface area (Å²) in [6, 6.07) is 14.4. The molecule has 0 spiro atoms. The Labute approximate surface area is 151 Å². The number of aromatic hydroxyl groups is 1. The van der Waals surface area contributed by atoms with Gasteiger partial charge in [-0.05, 0) is 42.7 Å². The van der Waals surface area contributed by atoms with E-state index in [-0.39, 0.29) is 17.2 Å². The summed E-state index contributed by atoms with van der Waals surface area (Å²) in [6.07, 6.45) is 0. The molecule has 3 rings (SSSR count). The zero-order valence-corrected chi connectivity index (χ0v) is 15.1. The molecule has 2 N–H and O–H groups in total. The Morgan fingerprint density at radius 3 is 2.58 bits per heavy atom. The molecule has 0 atom stereocenters. The van der Waals surface area contributed by atoms with Crippen molar-refractivity contribution < 1.29 is 9.90 Å². The fourth-order valence-corrected chi connectivity index (χ4v) is 3.06. The molecule has 3 aromatic rings. The van der Waals surface area contributed by atoms with E-state index in [1.165, 1.54) is 0 Å². The van der Waals surface area contributed by atoms with Crippen molar-refractivity contribution in [3.63, 3.8) is 0 Å². The van der Waals surface area contributed by atoms with Gasteiger partial charge in [0, 0.05) is 17.6 Å². The second-order valence-corrected chi connectivity index (χ2v) is 6.87. The van der Waals surface area contributed by atoms with Crippen molar-refractivity contribution in [1.82, 2.24) is 4.57 Å². The molecule has 1 heterocycles. The number of pyridine rings is 1. The number of carbonyl (C=O) groups is 1. The molecule has 0 unspecified atom stereocenters. The van der Waals surface area contributed by atoms with Crippen LogP contribution in [0.5, 0.6) is 5.75 Å². The van der Waals surface area contributed by atoms with Gasteiger partial charge in [0.25, 0.3) is 11.5 Å². The highest BCUT2D eigenvalue weighted by atomic mass is 16.3. The van der Waals surface area contributed by atoms with Crippen LogP contribution in [0.1, 0.15) is 29.8 Å². The maximum atomic E-state index is 13.0. The number of nitrogens with one attached hydrogen (secondary N) is 1. The first kappa shape index (κ1) is 17.7. The summed E-state index contributed by atoms with van der Waals surface area (Å²) in [6.45, 7) is 6.38. The Hall–Kier alpha value is -3.08. The van der Waals surface area contributed by atoms with Gasteiger partial charge in [-0.25, -0.2) is 0 Å². The summed E-state index contributed by atoms with van der Waals surface area (Å²) in [5, 5.41) is 13.8. The number of para-hydroxylation sites is 1. The first-order chi connectivity index (χ1) is 12.4. The summed E-state index contributed by atoms with van der Waals surface area (Å²) >= 11 is 0. The molecule has 26 heavy (non-hydrogen) atoms. The molecule has 0 fully saturated rings. The number of anilines is 1. The average Bonchev–Trinajstić information content (AvgIpc) is 2.58. The van der Waals surface area contributed by atoms with Gasteiger partial charge in [-0.15, -0.1) is 0 Å². The number of amides is 1. The van der Waals surface area contributed by atoms with E-state index in [9.17, 15) is 14.7 Å². The summed E-state index contributed by atoms with van der Waals surface area (Å²) in [5.74, 6) is -0.676. The summed E-state index contributed by atoms with van der Waals surface area (Å²) in [7, 11) is 0. The van der Waals surface area contributed by atoms with E-state index in [1.54, 1.807) is 28.8 Å². The molecule has 0 aliphatic heterocycles. The molecule has 0 aliphatic carbocycles. The number of benzene rings is 2. The molecule has 134 valence electrons. The predicted octanol–water partition coefficient (Wildman–Crippen LogP) is 3.92. The average molecular weight is 350 g/mol. The first-order valence-corrected chi connectivity index (χ1v) is 8.61. The zero-order valence-electron chi connectivity index (χ0n) is 15.1. The number of aromatic nitrogens is 1. The van der Waals surface area contributed by atoms with Crippen molar-refractivity contribution in [2.75, 3.05) is 5.32 Å². The lowest BCUT2D eigenvalue weighted by molar-refractivity contribution is 0.102. The van der Waals surface area contributed by atoms with Gasteiger partial charge in [0.2, 0.25) is 0 Å². The zero-order chi connectivity index (χ0) is 18.8. The molecule has 5 nitrogen and oxygen atoms in total. The number of rotatable bonds is 4. The number of fused-ring (bicyclic) bond motifs is 1. The van der Waals surface area contributed by atoms with Crippen LogP contribution in [0, 0.1) is 12.8 Å². The molecule has 0 aliphatic rings. The van der Waals surface area contributed by atoms with Gasteiger partial charge in [-0.2, -0.15) is 0 Å². The Balaban J connectivity index is 2.16. The minimum atomic E-state index is -0.610. The second kappa shape index (κ2) is 7.04. The van der Waals surface area contributed by atoms with Crippen LogP contribution >= 0.6 is 0 Å². The summed E-state index contributed by atoms with van der Waals surface area (Å²) < 4.78 is 1.56. The fraction of sp³-hybridized carbons (Fsp3) is 0.238. The predicted molar refractivity (Wildman–Crippen MR) is 104 cm³/mol. The number of nitrogens with zero attached hydrogens (tertiary/aromatic N) is 1. The van der Waals surface area contributed by atoms with Gasteiger partial charge in [0.05, 0.1) is 5.52 Å². The summed E-state index contributed by atoms with van der Waals surface area (Å²) in [5.41, 5.74) is 1.47. The van der Waals surface area contributed by atoms with E-state index in [0.29, 0.717) is 23.1 Å². The number of hydrogen-bond donors (Lipinski definition) is 2. The molecule has 2 aromatic carbocycles. The van der Waals surface area contributed by atoms with E-state index in [2.05, 4.69) is 5.32 Å². The second-order valence-electron chi connectivity index (χ2n) is 6.87. The third-order valence-corrected chi connectivity index (χ3v) is 4.20. The molecule has 0 saturated carbocycles.